The van der Waals surface area contributed by atoms with Crippen molar-refractivity contribution in [1.82, 2.24) is 9.97 Å². The molecule has 0 fully saturated rings. The molecule has 1 aliphatic heterocycles. The minimum Gasteiger partial charge on any atom is -0.477 e. The maximum Gasteiger partial charge on any atom is 0.354 e. The van der Waals surface area contributed by atoms with Crippen molar-refractivity contribution >= 4 is 44.3 Å². The molecule has 0 amide bonds. The summed E-state index contributed by atoms with van der Waals surface area (Å²) in [5.74, 6) is -0.470. The SMILES string of the molecule is O=C(O)c1cccc(Oc2cc(Cl)cc3sc(N4CC=CCC4)nc23)n1. The number of hydrogen-bond acceptors (Lipinski definition) is 6. The van der Waals surface area contributed by atoms with Crippen LogP contribution in [0.15, 0.2) is 42.5 Å². The number of pyridine rings is 1. The fraction of sp³-hybridized carbons (Fsp3) is 0.167. The van der Waals surface area contributed by atoms with Crippen LogP contribution in [0.3, 0.4) is 0 Å². The molecule has 0 saturated heterocycles. The summed E-state index contributed by atoms with van der Waals surface area (Å²) in [4.78, 5) is 22.0. The molecule has 132 valence electrons. The van der Waals surface area contributed by atoms with Crippen LogP contribution >= 0.6 is 22.9 Å². The van der Waals surface area contributed by atoms with Crippen molar-refractivity contribution in [3.8, 4) is 11.6 Å². The zero-order chi connectivity index (χ0) is 18.1. The van der Waals surface area contributed by atoms with Gasteiger partial charge in [0.2, 0.25) is 5.88 Å². The van der Waals surface area contributed by atoms with E-state index in [0.717, 1.165) is 29.3 Å². The highest BCUT2D eigenvalue weighted by atomic mass is 35.5. The van der Waals surface area contributed by atoms with Gasteiger partial charge in [0.1, 0.15) is 5.52 Å². The number of rotatable bonds is 4. The highest BCUT2D eigenvalue weighted by Gasteiger charge is 2.17. The quantitative estimate of drug-likeness (QED) is 0.659. The third-order valence-electron chi connectivity index (χ3n) is 3.90. The summed E-state index contributed by atoms with van der Waals surface area (Å²) in [6.07, 6.45) is 5.28. The molecule has 0 unspecified atom stereocenters. The Balaban J connectivity index is 1.72. The topological polar surface area (TPSA) is 75.6 Å². The third kappa shape index (κ3) is 3.36. The number of aromatic nitrogens is 2. The predicted octanol–water partition coefficient (Wildman–Crippen LogP) is 4.60. The Morgan fingerprint density at radius 3 is 2.92 bits per heavy atom. The number of nitrogens with zero attached hydrogens (tertiary/aromatic N) is 3. The average Bonchev–Trinajstić information content (AvgIpc) is 3.07. The van der Waals surface area contributed by atoms with Crippen LogP contribution in [-0.2, 0) is 0 Å². The van der Waals surface area contributed by atoms with Crippen molar-refractivity contribution in [3.05, 3.63) is 53.2 Å². The van der Waals surface area contributed by atoms with Crippen molar-refractivity contribution in [2.24, 2.45) is 0 Å². The van der Waals surface area contributed by atoms with Crippen LogP contribution in [0.4, 0.5) is 5.13 Å². The summed E-state index contributed by atoms with van der Waals surface area (Å²) in [5, 5.41) is 10.5. The summed E-state index contributed by atoms with van der Waals surface area (Å²) in [5.41, 5.74) is 0.603. The normalized spacial score (nSPS) is 14.0. The number of benzene rings is 1. The number of carbonyl (C=O) groups is 1. The van der Waals surface area contributed by atoms with E-state index in [9.17, 15) is 4.79 Å². The van der Waals surface area contributed by atoms with Gasteiger partial charge in [-0.15, -0.1) is 0 Å². The fourth-order valence-electron chi connectivity index (χ4n) is 2.69. The van der Waals surface area contributed by atoms with E-state index in [0.29, 0.717) is 16.3 Å². The number of carboxylic acids is 1. The summed E-state index contributed by atoms with van der Waals surface area (Å²) < 4.78 is 6.73. The smallest absolute Gasteiger partial charge is 0.354 e. The van der Waals surface area contributed by atoms with Crippen molar-refractivity contribution in [2.45, 2.75) is 6.42 Å². The molecule has 0 spiro atoms. The highest BCUT2D eigenvalue weighted by molar-refractivity contribution is 7.22. The van der Waals surface area contributed by atoms with Gasteiger partial charge in [-0.3, -0.25) is 0 Å². The van der Waals surface area contributed by atoms with E-state index in [2.05, 4.69) is 22.0 Å². The van der Waals surface area contributed by atoms with Gasteiger partial charge in [-0.05, 0) is 18.6 Å². The molecule has 6 nitrogen and oxygen atoms in total. The van der Waals surface area contributed by atoms with Gasteiger partial charge in [0.05, 0.1) is 4.70 Å². The van der Waals surface area contributed by atoms with Gasteiger partial charge in [0.15, 0.2) is 16.6 Å². The lowest BCUT2D eigenvalue weighted by atomic mass is 10.3. The van der Waals surface area contributed by atoms with Gasteiger partial charge >= 0.3 is 5.97 Å². The number of fused-ring (bicyclic) bond motifs is 1. The average molecular weight is 388 g/mol. The minimum atomic E-state index is -1.11. The molecule has 2 aromatic heterocycles. The zero-order valence-electron chi connectivity index (χ0n) is 13.6. The van der Waals surface area contributed by atoms with Crippen molar-refractivity contribution < 1.29 is 14.6 Å². The molecular formula is C18H14ClN3O3S. The van der Waals surface area contributed by atoms with E-state index in [-0.39, 0.29) is 11.6 Å². The van der Waals surface area contributed by atoms with Crippen molar-refractivity contribution in [1.29, 1.82) is 0 Å². The monoisotopic (exact) mass is 387 g/mol. The molecule has 0 radical (unpaired) electrons. The maximum absolute atomic E-state index is 11.1. The molecule has 1 aromatic carbocycles. The standard InChI is InChI=1S/C18H14ClN3O3S/c19-11-9-13(25-15-6-4-5-12(20-15)17(23)24)16-14(10-11)26-18(21-16)22-7-2-1-3-8-22/h1-2,4-6,9-10H,3,7-8H2,(H,23,24). The van der Waals surface area contributed by atoms with E-state index in [4.69, 9.17) is 26.4 Å². The van der Waals surface area contributed by atoms with Gasteiger partial charge in [0, 0.05) is 30.2 Å². The Kier molecular flexibility index (Phi) is 4.48. The molecule has 1 N–H and O–H groups in total. The summed E-state index contributed by atoms with van der Waals surface area (Å²) in [6, 6.07) is 8.11. The second-order valence-corrected chi connectivity index (χ2v) is 7.17. The van der Waals surface area contributed by atoms with Gasteiger partial charge in [-0.25, -0.2) is 14.8 Å². The summed E-state index contributed by atoms with van der Waals surface area (Å²) in [6.45, 7) is 1.74. The number of halogens is 1. The van der Waals surface area contributed by atoms with E-state index in [1.54, 1.807) is 29.5 Å². The third-order valence-corrected chi connectivity index (χ3v) is 5.18. The number of aromatic carboxylic acids is 1. The second kappa shape index (κ2) is 6.93. The largest absolute Gasteiger partial charge is 0.477 e. The number of hydrogen-bond donors (Lipinski definition) is 1. The molecule has 3 heterocycles. The minimum absolute atomic E-state index is 0.0835. The second-order valence-electron chi connectivity index (χ2n) is 5.72. The molecule has 26 heavy (non-hydrogen) atoms. The van der Waals surface area contributed by atoms with E-state index >= 15 is 0 Å². The molecular weight excluding hydrogens is 374 g/mol. The van der Waals surface area contributed by atoms with Crippen LogP contribution < -0.4 is 9.64 Å². The van der Waals surface area contributed by atoms with Gasteiger partial charge in [-0.1, -0.05) is 41.2 Å². The molecule has 8 heteroatoms. The predicted molar refractivity (Wildman–Crippen MR) is 102 cm³/mol. The molecule has 4 rings (SSSR count). The van der Waals surface area contributed by atoms with Crippen molar-refractivity contribution in [3.63, 3.8) is 0 Å². The van der Waals surface area contributed by atoms with E-state index < -0.39 is 5.97 Å². The lowest BCUT2D eigenvalue weighted by Gasteiger charge is -2.21. The Hall–Kier alpha value is -2.64. The fourth-order valence-corrected chi connectivity index (χ4v) is 4.02. The number of ether oxygens (including phenoxy) is 1. The van der Waals surface area contributed by atoms with Crippen LogP contribution in [0, 0.1) is 0 Å². The van der Waals surface area contributed by atoms with Gasteiger partial charge < -0.3 is 14.7 Å². The molecule has 0 saturated carbocycles. The maximum atomic E-state index is 11.1. The van der Waals surface area contributed by atoms with Crippen LogP contribution in [0.2, 0.25) is 5.02 Å². The Bertz CT molecular complexity index is 1020. The highest BCUT2D eigenvalue weighted by Crippen LogP contribution is 2.38. The molecule has 3 aromatic rings. The van der Waals surface area contributed by atoms with Crippen LogP contribution in [0.1, 0.15) is 16.9 Å². The number of thiazole rings is 1. The molecule has 1 aliphatic rings. The van der Waals surface area contributed by atoms with Crippen LogP contribution in [0.5, 0.6) is 11.6 Å². The first-order chi connectivity index (χ1) is 12.6. The Morgan fingerprint density at radius 1 is 1.27 bits per heavy atom. The van der Waals surface area contributed by atoms with Gasteiger partial charge in [0.25, 0.3) is 0 Å². The molecule has 0 atom stereocenters. The van der Waals surface area contributed by atoms with Crippen LogP contribution in [0.25, 0.3) is 10.2 Å². The van der Waals surface area contributed by atoms with Crippen molar-refractivity contribution in [2.75, 3.05) is 18.0 Å². The first-order valence-electron chi connectivity index (χ1n) is 7.98. The van der Waals surface area contributed by atoms with E-state index in [1.807, 2.05) is 6.07 Å². The lowest BCUT2D eigenvalue weighted by Crippen LogP contribution is -2.26. The Morgan fingerprint density at radius 2 is 2.15 bits per heavy atom. The van der Waals surface area contributed by atoms with E-state index in [1.165, 1.54) is 6.07 Å². The number of carboxylic acid groups (broad SMARTS) is 1. The molecule has 0 aliphatic carbocycles. The first kappa shape index (κ1) is 16.8. The Labute approximate surface area is 158 Å². The molecule has 0 bridgehead atoms. The summed E-state index contributed by atoms with van der Waals surface area (Å²) >= 11 is 7.78. The van der Waals surface area contributed by atoms with Crippen LogP contribution in [-0.4, -0.2) is 34.1 Å². The number of anilines is 1. The van der Waals surface area contributed by atoms with Gasteiger partial charge in [-0.2, -0.15) is 0 Å². The first-order valence-corrected chi connectivity index (χ1v) is 9.18. The lowest BCUT2D eigenvalue weighted by molar-refractivity contribution is 0.0689. The summed E-state index contributed by atoms with van der Waals surface area (Å²) in [7, 11) is 0. The zero-order valence-corrected chi connectivity index (χ0v) is 15.1.